The summed E-state index contributed by atoms with van der Waals surface area (Å²) < 4.78 is 37.3. The third-order valence-corrected chi connectivity index (χ3v) is 6.45. The third kappa shape index (κ3) is 4.63. The molecule has 8 heteroatoms. The molecular weight excluding hydrogens is 380 g/mol. The number of hydrogen-bond donors (Lipinski definition) is 1. The fourth-order valence-electron chi connectivity index (χ4n) is 3.05. The van der Waals surface area contributed by atoms with Gasteiger partial charge in [-0.25, -0.2) is 8.42 Å². The molecular formula is C20H24N2O5S. The fourth-order valence-corrected chi connectivity index (χ4v) is 4.56. The minimum absolute atomic E-state index is 0.242. The lowest BCUT2D eigenvalue weighted by molar-refractivity contribution is 0.0944. The first-order chi connectivity index (χ1) is 13.5. The molecule has 0 unspecified atom stereocenters. The summed E-state index contributed by atoms with van der Waals surface area (Å²) in [6, 6.07) is 13.3. The molecule has 1 aliphatic heterocycles. The highest BCUT2D eigenvalue weighted by molar-refractivity contribution is 7.89. The smallest absolute Gasteiger partial charge is 0.255 e. The lowest BCUT2D eigenvalue weighted by atomic mass is 10.2. The van der Waals surface area contributed by atoms with Gasteiger partial charge in [0.1, 0.15) is 18.1 Å². The fraction of sp³-hybridized carbons (Fsp3) is 0.350. The van der Waals surface area contributed by atoms with Crippen LogP contribution in [0.5, 0.6) is 11.5 Å². The van der Waals surface area contributed by atoms with Gasteiger partial charge in [0, 0.05) is 13.1 Å². The van der Waals surface area contributed by atoms with Gasteiger partial charge in [-0.2, -0.15) is 4.31 Å². The molecule has 0 bridgehead atoms. The van der Waals surface area contributed by atoms with Crippen LogP contribution in [0.1, 0.15) is 23.2 Å². The van der Waals surface area contributed by atoms with Crippen molar-refractivity contribution in [3.05, 3.63) is 54.1 Å². The van der Waals surface area contributed by atoms with Gasteiger partial charge < -0.3 is 14.8 Å². The van der Waals surface area contributed by atoms with Crippen molar-refractivity contribution in [2.75, 3.05) is 33.4 Å². The molecule has 0 spiro atoms. The van der Waals surface area contributed by atoms with E-state index in [9.17, 15) is 13.2 Å². The average molecular weight is 404 g/mol. The van der Waals surface area contributed by atoms with Crippen molar-refractivity contribution in [2.24, 2.45) is 0 Å². The van der Waals surface area contributed by atoms with Crippen LogP contribution >= 0.6 is 0 Å². The van der Waals surface area contributed by atoms with Crippen LogP contribution in [0.15, 0.2) is 53.4 Å². The van der Waals surface area contributed by atoms with Crippen molar-refractivity contribution in [2.45, 2.75) is 17.7 Å². The number of carbonyl (C=O) groups is 1. The van der Waals surface area contributed by atoms with E-state index < -0.39 is 10.0 Å². The maximum absolute atomic E-state index is 12.5. The predicted molar refractivity (Wildman–Crippen MR) is 105 cm³/mol. The van der Waals surface area contributed by atoms with Gasteiger partial charge in [0.05, 0.1) is 24.1 Å². The van der Waals surface area contributed by atoms with Crippen LogP contribution in [0, 0.1) is 0 Å². The Bertz CT molecular complexity index is 906. The van der Waals surface area contributed by atoms with Crippen LogP contribution in [-0.2, 0) is 10.0 Å². The average Bonchev–Trinajstić information content (AvgIpc) is 3.27. The molecule has 1 fully saturated rings. The Kier molecular flexibility index (Phi) is 6.53. The van der Waals surface area contributed by atoms with Gasteiger partial charge in [0.2, 0.25) is 10.0 Å². The molecule has 1 aliphatic rings. The number of benzene rings is 2. The molecule has 2 aromatic rings. The third-order valence-electron chi connectivity index (χ3n) is 4.53. The van der Waals surface area contributed by atoms with Crippen molar-refractivity contribution in [3.63, 3.8) is 0 Å². The van der Waals surface area contributed by atoms with Crippen molar-refractivity contribution >= 4 is 15.9 Å². The number of methoxy groups -OCH3 is 1. The van der Waals surface area contributed by atoms with Crippen LogP contribution in [0.2, 0.25) is 0 Å². The molecule has 3 rings (SSSR count). The molecule has 1 amide bonds. The first-order valence-electron chi connectivity index (χ1n) is 9.16. The zero-order valence-corrected chi connectivity index (χ0v) is 16.6. The van der Waals surface area contributed by atoms with E-state index in [2.05, 4.69) is 5.32 Å². The highest BCUT2D eigenvalue weighted by atomic mass is 32.2. The molecule has 2 aromatic carbocycles. The van der Waals surface area contributed by atoms with Gasteiger partial charge >= 0.3 is 0 Å². The SMILES string of the molecule is COc1ccccc1C(=O)NCCOc1ccc(S(=O)(=O)N2CCCC2)cc1. The Balaban J connectivity index is 1.49. The van der Waals surface area contributed by atoms with Gasteiger partial charge in [-0.15, -0.1) is 0 Å². The van der Waals surface area contributed by atoms with Crippen LogP contribution < -0.4 is 14.8 Å². The van der Waals surface area contributed by atoms with E-state index in [0.717, 1.165) is 12.8 Å². The standard InChI is InChI=1S/C20H24N2O5S/c1-26-19-7-3-2-6-18(19)20(23)21-12-15-27-16-8-10-17(11-9-16)28(24,25)22-13-4-5-14-22/h2-3,6-11H,4-5,12-15H2,1H3,(H,21,23). The van der Waals surface area contributed by atoms with Gasteiger partial charge in [-0.3, -0.25) is 4.79 Å². The summed E-state index contributed by atoms with van der Waals surface area (Å²) in [6.07, 6.45) is 1.81. The highest BCUT2D eigenvalue weighted by Crippen LogP contribution is 2.23. The minimum Gasteiger partial charge on any atom is -0.496 e. The van der Waals surface area contributed by atoms with Gasteiger partial charge in [0.25, 0.3) is 5.91 Å². The Labute approximate surface area is 165 Å². The van der Waals surface area contributed by atoms with E-state index in [4.69, 9.17) is 9.47 Å². The van der Waals surface area contributed by atoms with Gasteiger partial charge in [-0.05, 0) is 49.2 Å². The number of rotatable bonds is 8. The van der Waals surface area contributed by atoms with Crippen molar-refractivity contribution in [1.29, 1.82) is 0 Å². The van der Waals surface area contributed by atoms with Gasteiger partial charge in [0.15, 0.2) is 0 Å². The molecule has 0 saturated carbocycles. The normalized spacial score (nSPS) is 14.6. The van der Waals surface area contributed by atoms with E-state index in [1.807, 2.05) is 0 Å². The van der Waals surface area contributed by atoms with Crippen molar-refractivity contribution in [1.82, 2.24) is 9.62 Å². The largest absolute Gasteiger partial charge is 0.496 e. The summed E-state index contributed by atoms with van der Waals surface area (Å²) in [7, 11) is -1.90. The molecule has 150 valence electrons. The molecule has 7 nitrogen and oxygen atoms in total. The Morgan fingerprint density at radius 3 is 2.43 bits per heavy atom. The van der Waals surface area contributed by atoms with E-state index >= 15 is 0 Å². The first-order valence-corrected chi connectivity index (χ1v) is 10.6. The first kappa shape index (κ1) is 20.2. The molecule has 0 atom stereocenters. The monoisotopic (exact) mass is 404 g/mol. The number of nitrogens with one attached hydrogen (secondary N) is 1. The quantitative estimate of drug-likeness (QED) is 0.683. The lowest BCUT2D eigenvalue weighted by Crippen LogP contribution is -2.28. The van der Waals surface area contributed by atoms with E-state index in [1.54, 1.807) is 48.5 Å². The lowest BCUT2D eigenvalue weighted by Gasteiger charge is -2.15. The molecule has 1 saturated heterocycles. The van der Waals surface area contributed by atoms with Crippen LogP contribution in [0.3, 0.4) is 0 Å². The number of amides is 1. The van der Waals surface area contributed by atoms with Crippen molar-refractivity contribution < 1.29 is 22.7 Å². The van der Waals surface area contributed by atoms with Crippen LogP contribution in [0.25, 0.3) is 0 Å². The van der Waals surface area contributed by atoms with Gasteiger partial charge in [-0.1, -0.05) is 12.1 Å². The second-order valence-corrected chi connectivity index (χ2v) is 8.33. The maximum atomic E-state index is 12.5. The number of sulfonamides is 1. The Morgan fingerprint density at radius 1 is 1.07 bits per heavy atom. The summed E-state index contributed by atoms with van der Waals surface area (Å²) in [5.74, 6) is 0.815. The number of nitrogens with zero attached hydrogens (tertiary/aromatic N) is 1. The number of ether oxygens (including phenoxy) is 2. The van der Waals surface area contributed by atoms with E-state index in [-0.39, 0.29) is 17.4 Å². The van der Waals surface area contributed by atoms with Crippen molar-refractivity contribution in [3.8, 4) is 11.5 Å². The highest BCUT2D eigenvalue weighted by Gasteiger charge is 2.26. The predicted octanol–water partition coefficient (Wildman–Crippen LogP) is 2.29. The molecule has 0 aromatic heterocycles. The van der Waals surface area contributed by atoms with Crippen LogP contribution in [0.4, 0.5) is 0 Å². The number of carbonyl (C=O) groups excluding carboxylic acids is 1. The molecule has 1 N–H and O–H groups in total. The molecule has 0 aliphatic carbocycles. The van der Waals surface area contributed by atoms with Crippen LogP contribution in [-0.4, -0.2) is 52.0 Å². The topological polar surface area (TPSA) is 84.9 Å². The number of hydrogen-bond acceptors (Lipinski definition) is 5. The summed E-state index contributed by atoms with van der Waals surface area (Å²) in [5.41, 5.74) is 0.460. The Hall–Kier alpha value is -2.58. The molecule has 1 heterocycles. The molecule has 0 radical (unpaired) electrons. The number of para-hydroxylation sites is 1. The summed E-state index contributed by atoms with van der Waals surface area (Å²) in [4.78, 5) is 12.5. The second kappa shape index (κ2) is 9.07. The zero-order chi connectivity index (χ0) is 20.0. The van der Waals surface area contributed by atoms with E-state index in [0.29, 0.717) is 36.7 Å². The zero-order valence-electron chi connectivity index (χ0n) is 15.8. The summed E-state index contributed by atoms with van der Waals surface area (Å²) in [5, 5.41) is 2.77. The second-order valence-electron chi connectivity index (χ2n) is 6.39. The Morgan fingerprint density at radius 2 is 1.75 bits per heavy atom. The van der Waals surface area contributed by atoms with E-state index in [1.165, 1.54) is 11.4 Å². The summed E-state index contributed by atoms with van der Waals surface area (Å²) in [6.45, 7) is 1.72. The molecule has 28 heavy (non-hydrogen) atoms. The minimum atomic E-state index is -3.42. The summed E-state index contributed by atoms with van der Waals surface area (Å²) >= 11 is 0. The maximum Gasteiger partial charge on any atom is 0.255 e.